The van der Waals surface area contributed by atoms with Gasteiger partial charge < -0.3 is 10.1 Å². The molecule has 2 nitrogen and oxygen atoms in total. The van der Waals surface area contributed by atoms with Crippen LogP contribution < -0.4 is 5.32 Å². The van der Waals surface area contributed by atoms with Crippen LogP contribution in [0.4, 0.5) is 0 Å². The standard InChI is InChI=1S/C16H26BrNO/c1-4-13(2)11-15(12-18-9-10-19-3)14-5-7-16(17)8-6-14/h5-8,13,15,18H,4,9-12H2,1-3H3. The molecule has 0 bridgehead atoms. The minimum atomic E-state index is 0.583. The molecule has 2 atom stereocenters. The van der Waals surface area contributed by atoms with Crippen LogP contribution in [0.1, 0.15) is 38.2 Å². The molecule has 0 saturated carbocycles. The average molecular weight is 328 g/mol. The topological polar surface area (TPSA) is 21.3 Å². The lowest BCUT2D eigenvalue weighted by Gasteiger charge is -2.21. The minimum absolute atomic E-state index is 0.583. The molecule has 0 aliphatic rings. The highest BCUT2D eigenvalue weighted by Gasteiger charge is 2.14. The molecule has 1 aromatic rings. The summed E-state index contributed by atoms with van der Waals surface area (Å²) in [6.07, 6.45) is 2.48. The van der Waals surface area contributed by atoms with Crippen molar-refractivity contribution in [1.82, 2.24) is 5.32 Å². The first-order valence-corrected chi connectivity index (χ1v) is 7.91. The molecule has 2 unspecified atom stereocenters. The van der Waals surface area contributed by atoms with Crippen LogP contribution in [-0.4, -0.2) is 26.8 Å². The predicted molar refractivity (Wildman–Crippen MR) is 85.7 cm³/mol. The van der Waals surface area contributed by atoms with Gasteiger partial charge in [-0.05, 0) is 36.0 Å². The first-order chi connectivity index (χ1) is 9.17. The summed E-state index contributed by atoms with van der Waals surface area (Å²) >= 11 is 3.50. The number of ether oxygens (including phenoxy) is 1. The Kier molecular flexibility index (Phi) is 8.35. The van der Waals surface area contributed by atoms with Crippen molar-refractivity contribution in [3.8, 4) is 0 Å². The van der Waals surface area contributed by atoms with Crippen LogP contribution in [0.15, 0.2) is 28.7 Å². The van der Waals surface area contributed by atoms with Crippen LogP contribution in [-0.2, 0) is 4.74 Å². The fourth-order valence-corrected chi connectivity index (χ4v) is 2.44. The van der Waals surface area contributed by atoms with Crippen molar-refractivity contribution in [2.75, 3.05) is 26.8 Å². The second kappa shape index (κ2) is 9.51. The summed E-state index contributed by atoms with van der Waals surface area (Å²) in [4.78, 5) is 0. The third-order valence-electron chi connectivity index (χ3n) is 3.60. The monoisotopic (exact) mass is 327 g/mol. The van der Waals surface area contributed by atoms with Crippen molar-refractivity contribution in [2.45, 2.75) is 32.6 Å². The highest BCUT2D eigenvalue weighted by Crippen LogP contribution is 2.26. The van der Waals surface area contributed by atoms with Gasteiger partial charge in [-0.3, -0.25) is 0 Å². The molecule has 0 fully saturated rings. The quantitative estimate of drug-likeness (QED) is 0.686. The molecule has 108 valence electrons. The van der Waals surface area contributed by atoms with Crippen LogP contribution >= 0.6 is 15.9 Å². The second-order valence-corrected chi connectivity index (χ2v) is 6.11. The Labute approximate surface area is 126 Å². The molecule has 0 radical (unpaired) electrons. The fourth-order valence-electron chi connectivity index (χ4n) is 2.18. The van der Waals surface area contributed by atoms with Gasteiger partial charge in [0.15, 0.2) is 0 Å². The zero-order valence-electron chi connectivity index (χ0n) is 12.3. The van der Waals surface area contributed by atoms with Crippen molar-refractivity contribution in [3.05, 3.63) is 34.3 Å². The lowest BCUT2D eigenvalue weighted by molar-refractivity contribution is 0.198. The van der Waals surface area contributed by atoms with Crippen LogP contribution in [0.2, 0.25) is 0 Å². The molecular formula is C16H26BrNO. The van der Waals surface area contributed by atoms with Gasteiger partial charge in [0.25, 0.3) is 0 Å². The van der Waals surface area contributed by atoms with E-state index in [9.17, 15) is 0 Å². The summed E-state index contributed by atoms with van der Waals surface area (Å²) in [5, 5.41) is 3.49. The summed E-state index contributed by atoms with van der Waals surface area (Å²) in [7, 11) is 1.74. The molecule has 0 heterocycles. The van der Waals surface area contributed by atoms with E-state index in [1.807, 2.05) is 0 Å². The molecule has 0 aliphatic carbocycles. The molecule has 0 aliphatic heterocycles. The Hall–Kier alpha value is -0.380. The average Bonchev–Trinajstić information content (AvgIpc) is 2.43. The SMILES string of the molecule is CCC(C)CC(CNCCOC)c1ccc(Br)cc1. The fraction of sp³-hybridized carbons (Fsp3) is 0.625. The Bertz CT molecular complexity index is 339. The highest BCUT2D eigenvalue weighted by molar-refractivity contribution is 9.10. The molecular weight excluding hydrogens is 302 g/mol. The molecule has 19 heavy (non-hydrogen) atoms. The van der Waals surface area contributed by atoms with Gasteiger partial charge in [-0.1, -0.05) is 48.3 Å². The van der Waals surface area contributed by atoms with Gasteiger partial charge in [0.05, 0.1) is 6.61 Å². The summed E-state index contributed by atoms with van der Waals surface area (Å²) < 4.78 is 6.22. The van der Waals surface area contributed by atoms with Crippen LogP contribution in [0.25, 0.3) is 0 Å². The van der Waals surface area contributed by atoms with E-state index in [-0.39, 0.29) is 0 Å². The summed E-state index contributed by atoms with van der Waals surface area (Å²) in [5.41, 5.74) is 1.42. The first-order valence-electron chi connectivity index (χ1n) is 7.12. The van der Waals surface area contributed by atoms with E-state index in [1.165, 1.54) is 18.4 Å². The van der Waals surface area contributed by atoms with Crippen molar-refractivity contribution >= 4 is 15.9 Å². The summed E-state index contributed by atoms with van der Waals surface area (Å²) in [5.74, 6) is 1.35. The summed E-state index contributed by atoms with van der Waals surface area (Å²) in [6, 6.07) is 8.73. The van der Waals surface area contributed by atoms with Gasteiger partial charge in [-0.25, -0.2) is 0 Å². The molecule has 0 aromatic heterocycles. The Morgan fingerprint density at radius 3 is 2.53 bits per heavy atom. The maximum absolute atomic E-state index is 5.08. The van der Waals surface area contributed by atoms with Gasteiger partial charge in [-0.15, -0.1) is 0 Å². The number of hydrogen-bond donors (Lipinski definition) is 1. The Morgan fingerprint density at radius 2 is 1.95 bits per heavy atom. The van der Waals surface area contributed by atoms with Gasteiger partial charge in [-0.2, -0.15) is 0 Å². The van der Waals surface area contributed by atoms with Crippen molar-refractivity contribution < 1.29 is 4.74 Å². The van der Waals surface area contributed by atoms with Gasteiger partial charge in [0, 0.05) is 24.7 Å². The van der Waals surface area contributed by atoms with Gasteiger partial charge in [0.1, 0.15) is 0 Å². The molecule has 0 spiro atoms. The van der Waals surface area contributed by atoms with E-state index in [4.69, 9.17) is 4.74 Å². The largest absolute Gasteiger partial charge is 0.383 e. The van der Waals surface area contributed by atoms with E-state index in [0.717, 1.165) is 30.1 Å². The van der Waals surface area contributed by atoms with E-state index >= 15 is 0 Å². The lowest BCUT2D eigenvalue weighted by atomic mass is 9.88. The lowest BCUT2D eigenvalue weighted by Crippen LogP contribution is -2.26. The van der Waals surface area contributed by atoms with Gasteiger partial charge >= 0.3 is 0 Å². The maximum atomic E-state index is 5.08. The number of nitrogens with one attached hydrogen (secondary N) is 1. The minimum Gasteiger partial charge on any atom is -0.383 e. The normalized spacial score (nSPS) is 14.3. The maximum Gasteiger partial charge on any atom is 0.0587 e. The number of methoxy groups -OCH3 is 1. The van der Waals surface area contributed by atoms with E-state index in [0.29, 0.717) is 5.92 Å². The van der Waals surface area contributed by atoms with Gasteiger partial charge in [0.2, 0.25) is 0 Å². The first kappa shape index (κ1) is 16.7. The molecule has 1 N–H and O–H groups in total. The van der Waals surface area contributed by atoms with Crippen LogP contribution in [0.3, 0.4) is 0 Å². The second-order valence-electron chi connectivity index (χ2n) is 5.19. The highest BCUT2D eigenvalue weighted by atomic mass is 79.9. The number of hydrogen-bond acceptors (Lipinski definition) is 2. The molecule has 1 aromatic carbocycles. The van der Waals surface area contributed by atoms with Crippen LogP contribution in [0, 0.1) is 5.92 Å². The molecule has 1 rings (SSSR count). The third-order valence-corrected chi connectivity index (χ3v) is 4.13. The van der Waals surface area contributed by atoms with E-state index in [1.54, 1.807) is 7.11 Å². The Balaban J connectivity index is 2.60. The third kappa shape index (κ3) is 6.55. The number of halogens is 1. The summed E-state index contributed by atoms with van der Waals surface area (Å²) in [6.45, 7) is 7.32. The number of rotatable bonds is 9. The van der Waals surface area contributed by atoms with Crippen molar-refractivity contribution in [2.24, 2.45) is 5.92 Å². The molecule has 0 saturated heterocycles. The van der Waals surface area contributed by atoms with E-state index in [2.05, 4.69) is 59.4 Å². The Morgan fingerprint density at radius 1 is 1.26 bits per heavy atom. The molecule has 3 heteroatoms. The smallest absolute Gasteiger partial charge is 0.0587 e. The number of benzene rings is 1. The zero-order valence-corrected chi connectivity index (χ0v) is 13.9. The zero-order chi connectivity index (χ0) is 14.1. The van der Waals surface area contributed by atoms with Crippen LogP contribution in [0.5, 0.6) is 0 Å². The predicted octanol–water partition coefficient (Wildman–Crippen LogP) is 4.20. The van der Waals surface area contributed by atoms with Crippen molar-refractivity contribution in [3.63, 3.8) is 0 Å². The van der Waals surface area contributed by atoms with E-state index < -0.39 is 0 Å². The molecule has 0 amide bonds. The van der Waals surface area contributed by atoms with Crippen molar-refractivity contribution in [1.29, 1.82) is 0 Å².